The number of aromatic amines is 1. The second-order valence-electron chi connectivity index (χ2n) is 6.33. The van der Waals surface area contributed by atoms with Crippen LogP contribution in [-0.4, -0.2) is 42.0 Å². The van der Waals surface area contributed by atoms with Gasteiger partial charge in [0.15, 0.2) is 0 Å². The van der Waals surface area contributed by atoms with Crippen molar-refractivity contribution in [3.05, 3.63) is 52.3 Å². The molecule has 1 fully saturated rings. The van der Waals surface area contributed by atoms with Gasteiger partial charge in [0.05, 0.1) is 7.11 Å². The van der Waals surface area contributed by atoms with Crippen molar-refractivity contribution in [3.63, 3.8) is 0 Å². The molecule has 2 aromatic rings. The first-order chi connectivity index (χ1) is 12.1. The van der Waals surface area contributed by atoms with Crippen LogP contribution >= 0.6 is 0 Å². The SMILES string of the molecule is COc1ccc(-c2ccc(C(=O)N3CCCC(N)CC3)c(=O)[nH]2)cc1. The normalized spacial score (nSPS) is 17.8. The second-order valence-corrected chi connectivity index (χ2v) is 6.33. The quantitative estimate of drug-likeness (QED) is 0.894. The molecule has 6 heteroatoms. The number of hydrogen-bond acceptors (Lipinski definition) is 4. The van der Waals surface area contributed by atoms with Gasteiger partial charge in [0.1, 0.15) is 11.3 Å². The van der Waals surface area contributed by atoms with Gasteiger partial charge in [0, 0.05) is 24.8 Å². The fourth-order valence-electron chi connectivity index (χ4n) is 3.08. The number of benzene rings is 1. The molecule has 0 bridgehead atoms. The number of likely N-dealkylation sites (tertiary alicyclic amines) is 1. The maximum absolute atomic E-state index is 12.7. The average Bonchev–Trinajstić information content (AvgIpc) is 2.86. The van der Waals surface area contributed by atoms with E-state index >= 15 is 0 Å². The summed E-state index contributed by atoms with van der Waals surface area (Å²) < 4.78 is 5.13. The molecule has 132 valence electrons. The van der Waals surface area contributed by atoms with Crippen LogP contribution in [0.4, 0.5) is 0 Å². The number of ether oxygens (including phenoxy) is 1. The Labute approximate surface area is 146 Å². The third-order valence-corrected chi connectivity index (χ3v) is 4.60. The number of nitrogens with one attached hydrogen (secondary N) is 1. The highest BCUT2D eigenvalue weighted by molar-refractivity contribution is 5.94. The lowest BCUT2D eigenvalue weighted by atomic mass is 10.1. The van der Waals surface area contributed by atoms with Gasteiger partial charge in [-0.15, -0.1) is 0 Å². The number of carbonyl (C=O) groups excluding carboxylic acids is 1. The van der Waals surface area contributed by atoms with E-state index in [-0.39, 0.29) is 23.1 Å². The highest BCUT2D eigenvalue weighted by Gasteiger charge is 2.22. The Kier molecular flexibility index (Phi) is 5.19. The van der Waals surface area contributed by atoms with Crippen molar-refractivity contribution in [1.82, 2.24) is 9.88 Å². The van der Waals surface area contributed by atoms with Crippen molar-refractivity contribution in [3.8, 4) is 17.0 Å². The summed E-state index contributed by atoms with van der Waals surface area (Å²) in [5.74, 6) is 0.522. The lowest BCUT2D eigenvalue weighted by molar-refractivity contribution is 0.0759. The van der Waals surface area contributed by atoms with Crippen molar-refractivity contribution in [2.45, 2.75) is 25.3 Å². The second kappa shape index (κ2) is 7.53. The monoisotopic (exact) mass is 341 g/mol. The number of nitrogens with zero attached hydrogens (tertiary/aromatic N) is 1. The van der Waals surface area contributed by atoms with Crippen LogP contribution in [0, 0.1) is 0 Å². The lowest BCUT2D eigenvalue weighted by Gasteiger charge is -2.20. The number of methoxy groups -OCH3 is 1. The van der Waals surface area contributed by atoms with E-state index in [4.69, 9.17) is 10.5 Å². The first kappa shape index (κ1) is 17.2. The van der Waals surface area contributed by atoms with Gasteiger partial charge in [0.25, 0.3) is 11.5 Å². The zero-order valence-corrected chi connectivity index (χ0v) is 14.3. The van der Waals surface area contributed by atoms with Gasteiger partial charge in [-0.05, 0) is 61.2 Å². The van der Waals surface area contributed by atoms with Crippen molar-refractivity contribution in [2.24, 2.45) is 5.73 Å². The van der Waals surface area contributed by atoms with Crippen LogP contribution in [0.15, 0.2) is 41.2 Å². The van der Waals surface area contributed by atoms with Gasteiger partial charge in [-0.1, -0.05) is 0 Å². The minimum Gasteiger partial charge on any atom is -0.497 e. The zero-order valence-electron chi connectivity index (χ0n) is 14.3. The number of rotatable bonds is 3. The summed E-state index contributed by atoms with van der Waals surface area (Å²) >= 11 is 0. The van der Waals surface area contributed by atoms with Crippen LogP contribution in [0.2, 0.25) is 0 Å². The molecule has 3 N–H and O–H groups in total. The topological polar surface area (TPSA) is 88.4 Å². The fraction of sp³-hybridized carbons (Fsp3) is 0.368. The fourth-order valence-corrected chi connectivity index (χ4v) is 3.08. The van der Waals surface area contributed by atoms with Crippen molar-refractivity contribution in [2.75, 3.05) is 20.2 Å². The van der Waals surface area contributed by atoms with Gasteiger partial charge in [-0.25, -0.2) is 0 Å². The van der Waals surface area contributed by atoms with Crippen LogP contribution in [0.5, 0.6) is 5.75 Å². The Bertz CT molecular complexity index is 798. The largest absolute Gasteiger partial charge is 0.497 e. The van der Waals surface area contributed by atoms with E-state index < -0.39 is 0 Å². The third-order valence-electron chi connectivity index (χ3n) is 4.60. The Morgan fingerprint density at radius 1 is 1.16 bits per heavy atom. The van der Waals surface area contributed by atoms with Crippen LogP contribution in [0.3, 0.4) is 0 Å². The molecule has 0 aliphatic carbocycles. The zero-order chi connectivity index (χ0) is 17.8. The summed E-state index contributed by atoms with van der Waals surface area (Å²) in [6.45, 7) is 1.24. The summed E-state index contributed by atoms with van der Waals surface area (Å²) in [6, 6.07) is 10.9. The van der Waals surface area contributed by atoms with Gasteiger partial charge in [-0.3, -0.25) is 9.59 Å². The predicted octanol–water partition coefficient (Wildman–Crippen LogP) is 2.00. The Morgan fingerprint density at radius 2 is 1.92 bits per heavy atom. The highest BCUT2D eigenvalue weighted by atomic mass is 16.5. The third kappa shape index (κ3) is 3.91. The minimum atomic E-state index is -0.369. The number of amides is 1. The first-order valence-corrected chi connectivity index (χ1v) is 8.51. The lowest BCUT2D eigenvalue weighted by Crippen LogP contribution is -2.36. The summed E-state index contributed by atoms with van der Waals surface area (Å²) in [6.07, 6.45) is 2.55. The average molecular weight is 341 g/mol. The van der Waals surface area contributed by atoms with Crippen LogP contribution in [0.1, 0.15) is 29.6 Å². The smallest absolute Gasteiger partial charge is 0.261 e. The van der Waals surface area contributed by atoms with Crippen molar-refractivity contribution < 1.29 is 9.53 Å². The van der Waals surface area contributed by atoms with E-state index in [9.17, 15) is 9.59 Å². The molecule has 0 radical (unpaired) electrons. The molecule has 1 aliphatic rings. The standard InChI is InChI=1S/C19H23N3O3/c1-25-15-6-4-13(5-7-15)17-9-8-16(18(23)21-17)19(24)22-11-2-3-14(20)10-12-22/h4-9,14H,2-3,10-12,20H2,1H3,(H,21,23). The Balaban J connectivity index is 1.81. The van der Waals surface area contributed by atoms with Gasteiger partial charge in [-0.2, -0.15) is 0 Å². The van der Waals surface area contributed by atoms with Gasteiger partial charge < -0.3 is 20.4 Å². The Hall–Kier alpha value is -2.60. The first-order valence-electron chi connectivity index (χ1n) is 8.51. The summed E-state index contributed by atoms with van der Waals surface area (Å²) in [7, 11) is 1.60. The molecule has 1 unspecified atom stereocenters. The molecule has 1 amide bonds. The summed E-state index contributed by atoms with van der Waals surface area (Å²) in [5.41, 5.74) is 7.29. The van der Waals surface area contributed by atoms with Crippen LogP contribution in [-0.2, 0) is 0 Å². The van der Waals surface area contributed by atoms with Crippen molar-refractivity contribution >= 4 is 5.91 Å². The minimum absolute atomic E-state index is 0.133. The van der Waals surface area contributed by atoms with Gasteiger partial charge >= 0.3 is 0 Å². The number of nitrogens with two attached hydrogens (primary N) is 1. The number of aromatic nitrogens is 1. The van der Waals surface area contributed by atoms with Crippen molar-refractivity contribution in [1.29, 1.82) is 0 Å². The van der Waals surface area contributed by atoms with E-state index in [1.54, 1.807) is 24.1 Å². The number of H-pyrrole nitrogens is 1. The molecule has 1 aromatic carbocycles. The summed E-state index contributed by atoms with van der Waals surface area (Å²) in [4.78, 5) is 29.6. The molecule has 0 spiro atoms. The number of hydrogen-bond donors (Lipinski definition) is 2. The Morgan fingerprint density at radius 3 is 2.60 bits per heavy atom. The van der Waals surface area contributed by atoms with E-state index in [2.05, 4.69) is 4.98 Å². The number of pyridine rings is 1. The molecular weight excluding hydrogens is 318 g/mol. The van der Waals surface area contributed by atoms with Crippen LogP contribution < -0.4 is 16.0 Å². The van der Waals surface area contributed by atoms with Gasteiger partial charge in [0.2, 0.25) is 0 Å². The molecule has 6 nitrogen and oxygen atoms in total. The molecule has 0 saturated carbocycles. The molecule has 2 heterocycles. The molecule has 1 atom stereocenters. The molecule has 1 saturated heterocycles. The highest BCUT2D eigenvalue weighted by Crippen LogP contribution is 2.20. The van der Waals surface area contributed by atoms with E-state index in [0.717, 1.165) is 30.6 Å². The van der Waals surface area contributed by atoms with E-state index in [1.165, 1.54) is 0 Å². The molecule has 25 heavy (non-hydrogen) atoms. The predicted molar refractivity (Wildman–Crippen MR) is 96.8 cm³/mol. The molecular formula is C19H23N3O3. The number of carbonyl (C=O) groups is 1. The molecule has 3 rings (SSSR count). The molecule has 1 aromatic heterocycles. The summed E-state index contributed by atoms with van der Waals surface area (Å²) in [5, 5.41) is 0. The maximum atomic E-state index is 12.7. The van der Waals surface area contributed by atoms with Crippen LogP contribution in [0.25, 0.3) is 11.3 Å². The van der Waals surface area contributed by atoms with E-state index in [1.807, 2.05) is 24.3 Å². The van der Waals surface area contributed by atoms with E-state index in [0.29, 0.717) is 18.8 Å². The molecule has 1 aliphatic heterocycles. The maximum Gasteiger partial charge on any atom is 0.261 e.